The molecule has 1 fully saturated rings. The maximum atomic E-state index is 13.1. The minimum atomic E-state index is -0.329. The van der Waals surface area contributed by atoms with Crippen molar-refractivity contribution in [2.45, 2.75) is 44.2 Å². The fourth-order valence-electron chi connectivity index (χ4n) is 6.12. The van der Waals surface area contributed by atoms with E-state index in [2.05, 4.69) is 39.7 Å². The van der Waals surface area contributed by atoms with E-state index in [1.54, 1.807) is 7.11 Å². The number of rotatable bonds is 5. The van der Waals surface area contributed by atoms with Crippen molar-refractivity contribution < 1.29 is 14.6 Å². The second-order valence-electron chi connectivity index (χ2n) is 9.69. The standard InChI is InChI=1S/C27H34N4O3/c1-4-24(33)31-18-27(9-12-30(13-10-27)16-19-6-5-11-28-15-19)25-21-8-7-20(34-3)14-22(21)29(2)26(25)23(31)17-32/h5-8,11,14-15,23,32H,4,9-10,12-13,16-18H2,1-3H3/t23-/m0/s1. The van der Waals surface area contributed by atoms with Gasteiger partial charge < -0.3 is 19.3 Å². The van der Waals surface area contributed by atoms with Crippen molar-refractivity contribution in [1.82, 2.24) is 19.4 Å². The number of piperidine rings is 1. The summed E-state index contributed by atoms with van der Waals surface area (Å²) in [5, 5.41) is 11.7. The predicted molar refractivity (Wildman–Crippen MR) is 132 cm³/mol. The van der Waals surface area contributed by atoms with Gasteiger partial charge in [0.15, 0.2) is 0 Å². The van der Waals surface area contributed by atoms with Gasteiger partial charge in [-0.15, -0.1) is 0 Å². The van der Waals surface area contributed by atoms with Gasteiger partial charge in [0.05, 0.1) is 25.3 Å². The highest BCUT2D eigenvalue weighted by atomic mass is 16.5. The van der Waals surface area contributed by atoms with Gasteiger partial charge in [0.2, 0.25) is 5.91 Å². The van der Waals surface area contributed by atoms with Gasteiger partial charge in [-0.3, -0.25) is 14.7 Å². The summed E-state index contributed by atoms with van der Waals surface area (Å²) in [7, 11) is 3.73. The summed E-state index contributed by atoms with van der Waals surface area (Å²) in [5.41, 5.74) is 4.56. The molecule has 1 atom stereocenters. The van der Waals surface area contributed by atoms with E-state index in [0.717, 1.165) is 49.4 Å². The molecule has 2 aliphatic rings. The molecule has 0 aliphatic carbocycles. The SMILES string of the molecule is CCC(=O)N1CC2(CCN(Cc3cccnc3)CC2)c2c(n(C)c3cc(OC)ccc23)[C@@H]1CO. The molecule has 34 heavy (non-hydrogen) atoms. The lowest BCUT2D eigenvalue weighted by Crippen LogP contribution is -2.55. The van der Waals surface area contributed by atoms with Gasteiger partial charge in [-0.05, 0) is 55.3 Å². The third kappa shape index (κ3) is 3.67. The number of methoxy groups -OCH3 is 1. The average molecular weight is 463 g/mol. The normalized spacial score (nSPS) is 20.0. The highest BCUT2D eigenvalue weighted by Crippen LogP contribution is 2.50. The van der Waals surface area contributed by atoms with Gasteiger partial charge in [-0.25, -0.2) is 0 Å². The van der Waals surface area contributed by atoms with Crippen LogP contribution in [0.15, 0.2) is 42.7 Å². The first-order valence-electron chi connectivity index (χ1n) is 12.2. The first-order valence-corrected chi connectivity index (χ1v) is 12.2. The van der Waals surface area contributed by atoms with E-state index in [9.17, 15) is 9.90 Å². The number of likely N-dealkylation sites (tertiary alicyclic amines) is 1. The van der Waals surface area contributed by atoms with Gasteiger partial charge in [0, 0.05) is 61.5 Å². The monoisotopic (exact) mass is 462 g/mol. The minimum Gasteiger partial charge on any atom is -0.497 e. The number of benzene rings is 1. The molecule has 0 bridgehead atoms. The fraction of sp³-hybridized carbons (Fsp3) is 0.481. The maximum Gasteiger partial charge on any atom is 0.222 e. The fourth-order valence-corrected chi connectivity index (χ4v) is 6.12. The number of aromatic nitrogens is 2. The zero-order valence-electron chi connectivity index (χ0n) is 20.3. The topological polar surface area (TPSA) is 70.8 Å². The van der Waals surface area contributed by atoms with E-state index >= 15 is 0 Å². The Morgan fingerprint density at radius 1 is 1.26 bits per heavy atom. The van der Waals surface area contributed by atoms with Crippen molar-refractivity contribution in [3.05, 3.63) is 59.5 Å². The Bertz CT molecular complexity index is 1180. The van der Waals surface area contributed by atoms with Gasteiger partial charge in [-0.2, -0.15) is 0 Å². The molecule has 7 heteroatoms. The highest BCUT2D eigenvalue weighted by Gasteiger charge is 2.49. The Hall–Kier alpha value is -2.90. The molecule has 180 valence electrons. The summed E-state index contributed by atoms with van der Waals surface area (Å²) in [4.78, 5) is 21.8. The molecule has 1 spiro atoms. The van der Waals surface area contributed by atoms with Crippen molar-refractivity contribution in [2.24, 2.45) is 7.05 Å². The molecule has 1 aromatic carbocycles. The van der Waals surface area contributed by atoms with Gasteiger partial charge >= 0.3 is 0 Å². The van der Waals surface area contributed by atoms with Crippen LogP contribution in [0.4, 0.5) is 0 Å². The second kappa shape index (κ2) is 9.04. The lowest BCUT2D eigenvalue weighted by molar-refractivity contribution is -0.137. The Morgan fingerprint density at radius 3 is 2.71 bits per heavy atom. The number of carbonyl (C=O) groups is 1. The van der Waals surface area contributed by atoms with Crippen molar-refractivity contribution in [2.75, 3.05) is 33.4 Å². The van der Waals surface area contributed by atoms with E-state index in [-0.39, 0.29) is 24.0 Å². The number of aryl methyl sites for hydroxylation is 1. The number of carbonyl (C=O) groups excluding carboxylic acids is 1. The minimum absolute atomic E-state index is 0.0801. The van der Waals surface area contributed by atoms with Crippen LogP contribution in [0.3, 0.4) is 0 Å². The van der Waals surface area contributed by atoms with E-state index in [4.69, 9.17) is 4.74 Å². The van der Waals surface area contributed by atoms with E-state index in [1.807, 2.05) is 36.4 Å². The lowest BCUT2D eigenvalue weighted by atomic mass is 9.68. The maximum absolute atomic E-state index is 13.1. The lowest BCUT2D eigenvalue weighted by Gasteiger charge is -2.50. The van der Waals surface area contributed by atoms with Crippen LogP contribution in [0.25, 0.3) is 10.9 Å². The molecular formula is C27H34N4O3. The number of hydrogen-bond donors (Lipinski definition) is 1. The Labute approximate surface area is 200 Å². The molecule has 5 rings (SSSR count). The number of ether oxygens (including phenoxy) is 1. The van der Waals surface area contributed by atoms with Crippen LogP contribution >= 0.6 is 0 Å². The Morgan fingerprint density at radius 2 is 2.06 bits per heavy atom. The molecule has 1 N–H and O–H groups in total. The summed E-state index contributed by atoms with van der Waals surface area (Å²) >= 11 is 0. The summed E-state index contributed by atoms with van der Waals surface area (Å²) in [6.07, 6.45) is 6.13. The summed E-state index contributed by atoms with van der Waals surface area (Å²) in [6, 6.07) is 10.0. The van der Waals surface area contributed by atoms with Crippen LogP contribution in [-0.4, -0.2) is 63.7 Å². The number of hydrogen-bond acceptors (Lipinski definition) is 5. The van der Waals surface area contributed by atoms with Gasteiger partial charge in [-0.1, -0.05) is 13.0 Å². The molecule has 0 saturated carbocycles. The van der Waals surface area contributed by atoms with Crippen LogP contribution in [0.1, 0.15) is 49.0 Å². The van der Waals surface area contributed by atoms with Crippen LogP contribution in [0, 0.1) is 0 Å². The van der Waals surface area contributed by atoms with Crippen LogP contribution in [-0.2, 0) is 23.8 Å². The van der Waals surface area contributed by atoms with Gasteiger partial charge in [0.1, 0.15) is 5.75 Å². The molecule has 7 nitrogen and oxygen atoms in total. The first kappa shape index (κ1) is 22.9. The molecule has 0 radical (unpaired) electrons. The number of fused-ring (bicyclic) bond motifs is 4. The van der Waals surface area contributed by atoms with E-state index in [0.29, 0.717) is 13.0 Å². The number of aliphatic hydroxyl groups is 1. The summed E-state index contributed by atoms with van der Waals surface area (Å²) < 4.78 is 7.68. The molecule has 2 aromatic heterocycles. The molecule has 2 aliphatic heterocycles. The number of amides is 1. The first-order chi connectivity index (χ1) is 16.5. The number of aliphatic hydroxyl groups excluding tert-OH is 1. The highest BCUT2D eigenvalue weighted by molar-refractivity contribution is 5.89. The molecule has 1 amide bonds. The smallest absolute Gasteiger partial charge is 0.222 e. The molecule has 3 aromatic rings. The summed E-state index contributed by atoms with van der Waals surface area (Å²) in [5.74, 6) is 0.914. The van der Waals surface area contributed by atoms with Crippen LogP contribution < -0.4 is 4.74 Å². The van der Waals surface area contributed by atoms with E-state index in [1.165, 1.54) is 16.5 Å². The summed E-state index contributed by atoms with van der Waals surface area (Å²) in [6.45, 7) is 5.28. The van der Waals surface area contributed by atoms with Gasteiger partial charge in [0.25, 0.3) is 0 Å². The van der Waals surface area contributed by atoms with Crippen molar-refractivity contribution >= 4 is 16.8 Å². The number of pyridine rings is 1. The number of nitrogens with zero attached hydrogens (tertiary/aromatic N) is 4. The third-order valence-corrected chi connectivity index (χ3v) is 7.89. The zero-order chi connectivity index (χ0) is 23.9. The molecule has 0 unspecified atom stereocenters. The average Bonchev–Trinajstić information content (AvgIpc) is 3.18. The Balaban J connectivity index is 1.58. The molecule has 4 heterocycles. The molecular weight excluding hydrogens is 428 g/mol. The Kier molecular flexibility index (Phi) is 6.08. The van der Waals surface area contributed by atoms with Crippen molar-refractivity contribution in [3.63, 3.8) is 0 Å². The zero-order valence-corrected chi connectivity index (χ0v) is 20.3. The van der Waals surface area contributed by atoms with Crippen molar-refractivity contribution in [3.8, 4) is 5.75 Å². The second-order valence-corrected chi connectivity index (χ2v) is 9.69. The molecule has 1 saturated heterocycles. The third-order valence-electron chi connectivity index (χ3n) is 7.89. The van der Waals surface area contributed by atoms with Crippen LogP contribution in [0.2, 0.25) is 0 Å². The predicted octanol–water partition coefficient (Wildman–Crippen LogP) is 3.40. The van der Waals surface area contributed by atoms with Crippen LogP contribution in [0.5, 0.6) is 5.75 Å². The van der Waals surface area contributed by atoms with Crippen molar-refractivity contribution in [1.29, 1.82) is 0 Å². The van der Waals surface area contributed by atoms with E-state index < -0.39 is 0 Å². The quantitative estimate of drug-likeness (QED) is 0.629. The largest absolute Gasteiger partial charge is 0.497 e.